The fourth-order valence-electron chi connectivity index (χ4n) is 2.02. The van der Waals surface area contributed by atoms with E-state index in [0.29, 0.717) is 18.6 Å². The van der Waals surface area contributed by atoms with Crippen LogP contribution in [0.1, 0.15) is 30.0 Å². The first-order valence-corrected chi connectivity index (χ1v) is 5.37. The summed E-state index contributed by atoms with van der Waals surface area (Å²) in [5.41, 5.74) is 0.827. The maximum Gasteiger partial charge on any atom is 0.129 e. The molecule has 0 bridgehead atoms. The number of hydrogen-bond acceptors (Lipinski definition) is 2. The molecule has 0 aromatic heterocycles. The van der Waals surface area contributed by atoms with Gasteiger partial charge in [0.1, 0.15) is 5.82 Å². The highest BCUT2D eigenvalue weighted by molar-refractivity contribution is 5.35. The number of methoxy groups -OCH3 is 1. The minimum absolute atomic E-state index is 0.349. The van der Waals surface area contributed by atoms with Crippen LogP contribution in [0.5, 0.6) is 0 Å². The van der Waals surface area contributed by atoms with E-state index in [4.69, 9.17) is 4.74 Å². The van der Waals surface area contributed by atoms with Crippen LogP contribution in [0.25, 0.3) is 0 Å². The van der Waals surface area contributed by atoms with Crippen molar-refractivity contribution in [1.29, 1.82) is 0 Å². The Hall–Kier alpha value is -0.930. The third-order valence-corrected chi connectivity index (χ3v) is 2.76. The van der Waals surface area contributed by atoms with Crippen LogP contribution >= 0.6 is 0 Å². The summed E-state index contributed by atoms with van der Waals surface area (Å²) < 4.78 is 18.8. The standard InChI is InChI=1S/C13H19FO2/c1-9-7-10(2)12(11(14)8-9)13(3,15)5-6-16-4/h7-8,15H,5-6H2,1-4H3. The molecule has 1 rings (SSSR count). The summed E-state index contributed by atoms with van der Waals surface area (Å²) in [6.45, 7) is 5.67. The van der Waals surface area contributed by atoms with Gasteiger partial charge in [-0.05, 0) is 38.0 Å². The molecule has 1 unspecified atom stereocenters. The van der Waals surface area contributed by atoms with E-state index in [-0.39, 0.29) is 5.82 Å². The van der Waals surface area contributed by atoms with Gasteiger partial charge in [0.25, 0.3) is 0 Å². The van der Waals surface area contributed by atoms with Gasteiger partial charge < -0.3 is 9.84 Å². The van der Waals surface area contributed by atoms with Gasteiger partial charge >= 0.3 is 0 Å². The topological polar surface area (TPSA) is 29.5 Å². The van der Waals surface area contributed by atoms with Gasteiger partial charge in [0.05, 0.1) is 5.60 Å². The summed E-state index contributed by atoms with van der Waals surface area (Å²) in [4.78, 5) is 0. The van der Waals surface area contributed by atoms with Crippen molar-refractivity contribution < 1.29 is 14.2 Å². The van der Waals surface area contributed by atoms with Crippen LogP contribution in [0, 0.1) is 19.7 Å². The van der Waals surface area contributed by atoms with E-state index in [9.17, 15) is 9.50 Å². The number of benzene rings is 1. The van der Waals surface area contributed by atoms with E-state index in [1.807, 2.05) is 19.9 Å². The number of rotatable bonds is 4. The quantitative estimate of drug-likeness (QED) is 0.855. The largest absolute Gasteiger partial charge is 0.385 e. The number of aliphatic hydroxyl groups is 1. The fourth-order valence-corrected chi connectivity index (χ4v) is 2.02. The molecule has 3 heteroatoms. The molecular formula is C13H19FO2. The molecule has 90 valence electrons. The number of halogens is 1. The van der Waals surface area contributed by atoms with Crippen molar-refractivity contribution >= 4 is 0 Å². The number of hydrogen-bond donors (Lipinski definition) is 1. The van der Waals surface area contributed by atoms with Gasteiger partial charge in [0.15, 0.2) is 0 Å². The highest BCUT2D eigenvalue weighted by Crippen LogP contribution is 2.30. The van der Waals surface area contributed by atoms with Gasteiger partial charge in [-0.2, -0.15) is 0 Å². The zero-order valence-electron chi connectivity index (χ0n) is 10.3. The van der Waals surface area contributed by atoms with Crippen molar-refractivity contribution in [2.75, 3.05) is 13.7 Å². The van der Waals surface area contributed by atoms with Crippen molar-refractivity contribution in [1.82, 2.24) is 0 Å². The summed E-state index contributed by atoms with van der Waals surface area (Å²) in [6.07, 6.45) is 0.379. The lowest BCUT2D eigenvalue weighted by molar-refractivity contribution is 0.0176. The molecule has 0 spiro atoms. The minimum atomic E-state index is -1.18. The molecule has 1 N–H and O–H groups in total. The molecular weight excluding hydrogens is 207 g/mol. The van der Waals surface area contributed by atoms with E-state index in [1.54, 1.807) is 14.0 Å². The van der Waals surface area contributed by atoms with E-state index >= 15 is 0 Å². The summed E-state index contributed by atoms with van der Waals surface area (Å²) >= 11 is 0. The van der Waals surface area contributed by atoms with Gasteiger partial charge in [-0.1, -0.05) is 6.07 Å². The van der Waals surface area contributed by atoms with E-state index < -0.39 is 5.60 Å². The van der Waals surface area contributed by atoms with Crippen LogP contribution in [0.3, 0.4) is 0 Å². The monoisotopic (exact) mass is 226 g/mol. The number of ether oxygens (including phenoxy) is 1. The Morgan fingerprint density at radius 1 is 1.38 bits per heavy atom. The van der Waals surface area contributed by atoms with Gasteiger partial charge in [-0.25, -0.2) is 4.39 Å². The maximum absolute atomic E-state index is 13.8. The summed E-state index contributed by atoms with van der Waals surface area (Å²) in [7, 11) is 1.56. The molecule has 0 amide bonds. The molecule has 0 aliphatic carbocycles. The second kappa shape index (κ2) is 4.93. The fraction of sp³-hybridized carbons (Fsp3) is 0.538. The van der Waals surface area contributed by atoms with Crippen LogP contribution < -0.4 is 0 Å². The molecule has 0 aliphatic heterocycles. The van der Waals surface area contributed by atoms with Gasteiger partial charge in [0.2, 0.25) is 0 Å². The second-order valence-electron chi connectivity index (χ2n) is 4.46. The third kappa shape index (κ3) is 2.80. The summed E-state index contributed by atoms with van der Waals surface area (Å²) in [6, 6.07) is 3.32. The Morgan fingerprint density at radius 3 is 2.50 bits per heavy atom. The molecule has 0 aliphatic rings. The Balaban J connectivity index is 3.11. The van der Waals surface area contributed by atoms with Crippen molar-refractivity contribution in [3.05, 3.63) is 34.6 Å². The zero-order chi connectivity index (χ0) is 12.3. The SMILES string of the molecule is COCCC(C)(O)c1c(C)cc(C)cc1F. The lowest BCUT2D eigenvalue weighted by Gasteiger charge is -2.26. The van der Waals surface area contributed by atoms with Gasteiger partial charge in [-0.3, -0.25) is 0 Å². The highest BCUT2D eigenvalue weighted by atomic mass is 19.1. The first-order chi connectivity index (χ1) is 7.38. The van der Waals surface area contributed by atoms with Crippen molar-refractivity contribution in [2.24, 2.45) is 0 Å². The molecule has 0 fully saturated rings. The Kier molecular flexibility index (Phi) is 4.05. The summed E-state index contributed by atoms with van der Waals surface area (Å²) in [5.74, 6) is -0.349. The Bertz CT molecular complexity index is 349. The first-order valence-electron chi connectivity index (χ1n) is 5.37. The predicted octanol–water partition coefficient (Wildman–Crippen LogP) is 2.69. The zero-order valence-corrected chi connectivity index (χ0v) is 10.3. The molecule has 0 saturated carbocycles. The van der Waals surface area contributed by atoms with Gasteiger partial charge in [-0.15, -0.1) is 0 Å². The molecule has 1 aromatic rings. The van der Waals surface area contributed by atoms with E-state index in [0.717, 1.165) is 11.1 Å². The minimum Gasteiger partial charge on any atom is -0.385 e. The van der Waals surface area contributed by atoms with Crippen LogP contribution in [0.4, 0.5) is 4.39 Å². The average Bonchev–Trinajstić information content (AvgIpc) is 2.12. The molecule has 1 atom stereocenters. The molecule has 16 heavy (non-hydrogen) atoms. The van der Waals surface area contributed by atoms with Gasteiger partial charge in [0, 0.05) is 25.7 Å². The van der Waals surface area contributed by atoms with Crippen molar-refractivity contribution in [2.45, 2.75) is 32.8 Å². The lowest BCUT2D eigenvalue weighted by Crippen LogP contribution is -2.26. The van der Waals surface area contributed by atoms with Crippen molar-refractivity contribution in [3.63, 3.8) is 0 Å². The molecule has 0 heterocycles. The lowest BCUT2D eigenvalue weighted by atomic mass is 9.88. The Morgan fingerprint density at radius 2 is 2.00 bits per heavy atom. The normalized spacial score (nSPS) is 14.9. The molecule has 0 radical (unpaired) electrons. The van der Waals surface area contributed by atoms with E-state index in [2.05, 4.69) is 0 Å². The predicted molar refractivity (Wildman–Crippen MR) is 61.9 cm³/mol. The number of aryl methyl sites for hydroxylation is 2. The van der Waals surface area contributed by atoms with Crippen LogP contribution in [-0.4, -0.2) is 18.8 Å². The Labute approximate surface area is 96.1 Å². The third-order valence-electron chi connectivity index (χ3n) is 2.76. The van der Waals surface area contributed by atoms with E-state index in [1.165, 1.54) is 6.07 Å². The van der Waals surface area contributed by atoms with Crippen molar-refractivity contribution in [3.8, 4) is 0 Å². The molecule has 1 aromatic carbocycles. The molecule has 2 nitrogen and oxygen atoms in total. The second-order valence-corrected chi connectivity index (χ2v) is 4.46. The maximum atomic E-state index is 13.8. The molecule has 0 saturated heterocycles. The van der Waals surface area contributed by atoms with Crippen LogP contribution in [-0.2, 0) is 10.3 Å². The smallest absolute Gasteiger partial charge is 0.129 e. The van der Waals surface area contributed by atoms with Crippen LogP contribution in [0.15, 0.2) is 12.1 Å². The summed E-state index contributed by atoms with van der Waals surface area (Å²) in [5, 5.41) is 10.2. The first kappa shape index (κ1) is 13.1. The van der Waals surface area contributed by atoms with Crippen LogP contribution in [0.2, 0.25) is 0 Å². The average molecular weight is 226 g/mol. The highest BCUT2D eigenvalue weighted by Gasteiger charge is 2.28.